The summed E-state index contributed by atoms with van der Waals surface area (Å²) < 4.78 is 0. The highest BCUT2D eigenvalue weighted by Crippen LogP contribution is 2.43. The van der Waals surface area contributed by atoms with Crippen molar-refractivity contribution in [3.63, 3.8) is 0 Å². The van der Waals surface area contributed by atoms with Crippen LogP contribution in [-0.2, 0) is 0 Å². The van der Waals surface area contributed by atoms with Crippen LogP contribution in [0.25, 0.3) is 0 Å². The zero-order valence-corrected chi connectivity index (χ0v) is 16.9. The number of benzene rings is 2. The van der Waals surface area contributed by atoms with Crippen LogP contribution in [0.1, 0.15) is 64.9 Å². The van der Waals surface area contributed by atoms with Gasteiger partial charge in [0.05, 0.1) is 12.2 Å². The molecule has 0 saturated heterocycles. The summed E-state index contributed by atoms with van der Waals surface area (Å²) in [6.45, 7) is 12.2. The summed E-state index contributed by atoms with van der Waals surface area (Å²) in [5.74, 6) is 0. The first kappa shape index (κ1) is 20.0. The molecule has 136 valence electrons. The highest BCUT2D eigenvalue weighted by atomic mass is 32.2. The van der Waals surface area contributed by atoms with Crippen molar-refractivity contribution in [2.45, 2.75) is 63.5 Å². The molecule has 2 aromatic carbocycles. The van der Waals surface area contributed by atoms with Gasteiger partial charge in [0.2, 0.25) is 0 Å². The maximum absolute atomic E-state index is 10.8. The Bertz CT molecular complexity index is 649. The first-order valence-corrected chi connectivity index (χ1v) is 9.55. The zero-order valence-electron chi connectivity index (χ0n) is 16.1. The maximum Gasteiger partial charge on any atom is 0.0849 e. The van der Waals surface area contributed by atoms with Crippen LogP contribution in [0, 0.1) is 10.8 Å². The molecule has 25 heavy (non-hydrogen) atoms. The van der Waals surface area contributed by atoms with Gasteiger partial charge in [-0.2, -0.15) is 0 Å². The van der Waals surface area contributed by atoms with E-state index in [0.29, 0.717) is 0 Å². The normalized spacial score (nSPS) is 15.0. The molecule has 0 saturated carbocycles. The smallest absolute Gasteiger partial charge is 0.0849 e. The average molecular weight is 359 g/mol. The Balaban J connectivity index is 2.43. The summed E-state index contributed by atoms with van der Waals surface area (Å²) in [7, 11) is 0. The number of aliphatic hydroxyl groups is 2. The molecule has 0 radical (unpaired) electrons. The van der Waals surface area contributed by atoms with Crippen LogP contribution in [0.2, 0.25) is 0 Å². The molecule has 0 fully saturated rings. The van der Waals surface area contributed by atoms with Gasteiger partial charge in [-0.1, -0.05) is 89.7 Å². The lowest BCUT2D eigenvalue weighted by Crippen LogP contribution is -2.19. The van der Waals surface area contributed by atoms with Crippen molar-refractivity contribution in [3.8, 4) is 0 Å². The second kappa shape index (κ2) is 7.53. The van der Waals surface area contributed by atoms with Crippen LogP contribution in [0.5, 0.6) is 0 Å². The first-order valence-electron chi connectivity index (χ1n) is 8.73. The van der Waals surface area contributed by atoms with E-state index in [1.807, 2.05) is 90.1 Å². The van der Waals surface area contributed by atoms with Crippen molar-refractivity contribution in [3.05, 3.63) is 59.7 Å². The first-order chi connectivity index (χ1) is 11.5. The molecule has 0 amide bonds. The minimum absolute atomic E-state index is 0.235. The molecule has 0 aliphatic rings. The van der Waals surface area contributed by atoms with Gasteiger partial charge in [-0.05, 0) is 34.1 Å². The van der Waals surface area contributed by atoms with E-state index in [4.69, 9.17) is 0 Å². The average Bonchev–Trinajstić information content (AvgIpc) is 2.53. The van der Waals surface area contributed by atoms with E-state index in [0.717, 1.165) is 20.9 Å². The Morgan fingerprint density at radius 2 is 0.960 bits per heavy atom. The highest BCUT2D eigenvalue weighted by molar-refractivity contribution is 7.99. The van der Waals surface area contributed by atoms with Crippen LogP contribution in [0.15, 0.2) is 58.3 Å². The number of hydrogen-bond donors (Lipinski definition) is 2. The van der Waals surface area contributed by atoms with Crippen LogP contribution >= 0.6 is 11.8 Å². The van der Waals surface area contributed by atoms with E-state index >= 15 is 0 Å². The third-order valence-corrected chi connectivity index (χ3v) is 5.47. The summed E-state index contributed by atoms with van der Waals surface area (Å²) in [6, 6.07) is 16.0. The largest absolute Gasteiger partial charge is 0.388 e. The Hall–Kier alpha value is -1.29. The molecule has 2 aromatic rings. The fraction of sp³-hybridized carbons (Fsp3) is 0.455. The summed E-state index contributed by atoms with van der Waals surface area (Å²) in [5, 5.41) is 21.5. The predicted molar refractivity (Wildman–Crippen MR) is 106 cm³/mol. The van der Waals surface area contributed by atoms with Gasteiger partial charge < -0.3 is 10.2 Å². The van der Waals surface area contributed by atoms with Gasteiger partial charge in [-0.3, -0.25) is 0 Å². The molecule has 2 N–H and O–H groups in total. The molecule has 0 aliphatic carbocycles. The van der Waals surface area contributed by atoms with Crippen molar-refractivity contribution < 1.29 is 10.2 Å². The van der Waals surface area contributed by atoms with Gasteiger partial charge in [-0.25, -0.2) is 0 Å². The Morgan fingerprint density at radius 1 is 0.640 bits per heavy atom. The summed E-state index contributed by atoms with van der Waals surface area (Å²) in [5.41, 5.74) is 1.39. The topological polar surface area (TPSA) is 40.5 Å². The molecule has 0 bridgehead atoms. The monoisotopic (exact) mass is 358 g/mol. The minimum Gasteiger partial charge on any atom is -0.388 e. The van der Waals surface area contributed by atoms with Crippen molar-refractivity contribution in [2.75, 3.05) is 0 Å². The lowest BCUT2D eigenvalue weighted by molar-refractivity contribution is 0.0599. The lowest BCUT2D eigenvalue weighted by atomic mass is 9.85. The van der Waals surface area contributed by atoms with Crippen molar-refractivity contribution >= 4 is 11.8 Å². The van der Waals surface area contributed by atoms with E-state index in [2.05, 4.69) is 0 Å². The molecule has 0 aromatic heterocycles. The van der Waals surface area contributed by atoms with Crippen molar-refractivity contribution in [1.29, 1.82) is 0 Å². The van der Waals surface area contributed by atoms with Crippen molar-refractivity contribution in [2.24, 2.45) is 10.8 Å². The van der Waals surface area contributed by atoms with Crippen LogP contribution in [-0.4, -0.2) is 10.2 Å². The van der Waals surface area contributed by atoms with Gasteiger partial charge in [0.15, 0.2) is 0 Å². The Kier molecular flexibility index (Phi) is 6.03. The van der Waals surface area contributed by atoms with E-state index in [-0.39, 0.29) is 10.8 Å². The van der Waals surface area contributed by atoms with E-state index < -0.39 is 12.2 Å². The van der Waals surface area contributed by atoms with Crippen LogP contribution < -0.4 is 0 Å². The van der Waals surface area contributed by atoms with E-state index in [1.54, 1.807) is 11.8 Å². The van der Waals surface area contributed by atoms with Gasteiger partial charge >= 0.3 is 0 Å². The standard InChI is InChI=1S/C22H30O2S/c1-21(2,3)19(23)15-11-7-9-13-17(15)25-18-14-10-8-12-16(18)20(24)22(4,5)6/h7-14,19-20,23-24H,1-6H3. The zero-order chi connectivity index (χ0) is 18.8. The molecule has 0 heterocycles. The van der Waals surface area contributed by atoms with E-state index in [1.165, 1.54) is 0 Å². The summed E-state index contributed by atoms with van der Waals surface area (Å²) >= 11 is 1.61. The highest BCUT2D eigenvalue weighted by Gasteiger charge is 2.28. The number of aliphatic hydroxyl groups excluding tert-OH is 2. The maximum atomic E-state index is 10.8. The van der Waals surface area contributed by atoms with Gasteiger partial charge in [0, 0.05) is 9.79 Å². The van der Waals surface area contributed by atoms with E-state index in [9.17, 15) is 10.2 Å². The molecule has 0 aliphatic heterocycles. The predicted octanol–water partition coefficient (Wildman–Crippen LogP) is 6.00. The summed E-state index contributed by atoms with van der Waals surface area (Å²) in [4.78, 5) is 2.05. The second-order valence-electron chi connectivity index (χ2n) is 8.71. The minimum atomic E-state index is -0.545. The van der Waals surface area contributed by atoms with Gasteiger partial charge in [0.25, 0.3) is 0 Å². The molecule has 2 unspecified atom stereocenters. The Labute approximate surface area is 156 Å². The molecule has 2 rings (SSSR count). The molecule has 0 spiro atoms. The SMILES string of the molecule is CC(C)(C)C(O)c1ccccc1Sc1ccccc1C(O)C(C)(C)C. The van der Waals surface area contributed by atoms with Gasteiger partial charge in [0.1, 0.15) is 0 Å². The molecule has 3 heteroatoms. The number of rotatable bonds is 4. The fourth-order valence-electron chi connectivity index (χ4n) is 2.65. The van der Waals surface area contributed by atoms with Gasteiger partial charge in [-0.15, -0.1) is 0 Å². The van der Waals surface area contributed by atoms with Crippen LogP contribution in [0.3, 0.4) is 0 Å². The second-order valence-corrected chi connectivity index (χ2v) is 9.80. The molecule has 2 nitrogen and oxygen atoms in total. The molecular formula is C22H30O2S. The summed E-state index contributed by atoms with van der Waals surface area (Å²) in [6.07, 6.45) is -1.09. The third kappa shape index (κ3) is 4.87. The lowest BCUT2D eigenvalue weighted by Gasteiger charge is -2.29. The molecular weight excluding hydrogens is 328 g/mol. The Morgan fingerprint density at radius 3 is 1.28 bits per heavy atom. The third-order valence-electron chi connectivity index (χ3n) is 4.29. The fourth-order valence-corrected chi connectivity index (χ4v) is 3.78. The van der Waals surface area contributed by atoms with Crippen LogP contribution in [0.4, 0.5) is 0 Å². The molecule has 2 atom stereocenters. The quantitative estimate of drug-likeness (QED) is 0.704. The van der Waals surface area contributed by atoms with Crippen molar-refractivity contribution in [1.82, 2.24) is 0 Å². The number of hydrogen-bond acceptors (Lipinski definition) is 3.